The lowest BCUT2D eigenvalue weighted by Crippen LogP contribution is -2.69. The van der Waals surface area contributed by atoms with Gasteiger partial charge in [-0.15, -0.1) is 0 Å². The fraction of sp³-hybridized carbons (Fsp3) is 0.738. The number of rotatable bonds is 22. The van der Waals surface area contributed by atoms with E-state index in [4.69, 9.17) is 80.9 Å². The molecule has 15 atom stereocenters. The second-order valence-corrected chi connectivity index (χ2v) is 15.6. The Morgan fingerprint density at radius 3 is 0.943 bits per heavy atom. The molecular weight excluding hydrogens is 952 g/mol. The van der Waals surface area contributed by atoms with Gasteiger partial charge in [-0.3, -0.25) is 52.7 Å². The number of hydrogen-bond acceptors (Lipinski definition) is 27. The molecular formula is C42H58O28. The predicted octanol–water partition coefficient (Wildman–Crippen LogP) is -0.976. The molecule has 1 N–H and O–H groups in total. The van der Waals surface area contributed by atoms with Crippen LogP contribution >= 0.6 is 0 Å². The van der Waals surface area contributed by atoms with Gasteiger partial charge in [-0.2, -0.15) is 0 Å². The van der Waals surface area contributed by atoms with Gasteiger partial charge in [0.05, 0.1) is 6.61 Å². The first-order chi connectivity index (χ1) is 32.8. The van der Waals surface area contributed by atoms with E-state index in [1.807, 2.05) is 0 Å². The Balaban J connectivity index is 2.29. The van der Waals surface area contributed by atoms with Crippen molar-refractivity contribution in [2.75, 3.05) is 26.4 Å². The van der Waals surface area contributed by atoms with Gasteiger partial charge in [0.25, 0.3) is 0 Å². The monoisotopic (exact) mass is 1010 g/mol. The largest absolute Gasteiger partial charge is 0.481 e. The second kappa shape index (κ2) is 27.4. The molecule has 0 aromatic heterocycles. The topological polar surface area (TPSA) is 356 Å². The molecule has 0 aromatic rings. The quantitative estimate of drug-likeness (QED) is 0.0774. The summed E-state index contributed by atoms with van der Waals surface area (Å²) < 4.78 is 91.6. The van der Waals surface area contributed by atoms with E-state index in [0.717, 1.165) is 69.2 Å². The average molecular weight is 1010 g/mol. The van der Waals surface area contributed by atoms with Gasteiger partial charge in [-0.05, 0) is 6.42 Å². The Morgan fingerprint density at radius 2 is 0.629 bits per heavy atom. The molecule has 70 heavy (non-hydrogen) atoms. The summed E-state index contributed by atoms with van der Waals surface area (Å²) in [7, 11) is 0. The number of ether oxygens (including phenoxy) is 16. The molecule has 3 aliphatic heterocycles. The van der Waals surface area contributed by atoms with E-state index >= 15 is 0 Å². The van der Waals surface area contributed by atoms with Crippen molar-refractivity contribution in [3.8, 4) is 0 Å². The van der Waals surface area contributed by atoms with Crippen molar-refractivity contribution in [3.05, 3.63) is 0 Å². The lowest BCUT2D eigenvalue weighted by atomic mass is 9.95. The van der Waals surface area contributed by atoms with Crippen LogP contribution in [0.1, 0.15) is 82.1 Å². The van der Waals surface area contributed by atoms with E-state index in [1.54, 1.807) is 0 Å². The number of carbonyl (C=O) groups is 11. The number of carboxylic acids is 1. The molecule has 0 bridgehead atoms. The van der Waals surface area contributed by atoms with Crippen molar-refractivity contribution in [1.29, 1.82) is 0 Å². The van der Waals surface area contributed by atoms with Gasteiger partial charge in [-0.25, -0.2) is 0 Å². The molecule has 3 aliphatic rings. The molecule has 3 heterocycles. The molecule has 0 aliphatic carbocycles. The standard InChI is InChI=1S/C42H58O28/c1-17(43)56-14-27-31(59-20(4)46)34(60-21(5)47)38(64-25(9)51)41(67-27)70-33-29(16-58-19(3)45)68-42(39(65-26(10)52)36(33)62-23(7)49)69-32-28(15-57-18(2)44)66-40(55-13-11-12-30(53)54)37(63-24(8)50)35(32)61-22(6)48/h27-29,31-42H,11-16H2,1-10H3,(H,53,54)/t27?,28?,29?,31-,32+,33-,34+,35-,36-,37?,38?,39?,40+,41+,42-/m0/s1. The van der Waals surface area contributed by atoms with Crippen LogP contribution in [0.2, 0.25) is 0 Å². The smallest absolute Gasteiger partial charge is 0.303 e. The normalized spacial score (nSPS) is 30.5. The first kappa shape index (κ1) is 58.2. The number of aliphatic carboxylic acids is 1. The summed E-state index contributed by atoms with van der Waals surface area (Å²) in [6, 6.07) is 0. The second-order valence-electron chi connectivity index (χ2n) is 15.6. The Bertz CT molecular complexity index is 1900. The highest BCUT2D eigenvalue weighted by molar-refractivity contribution is 5.70. The molecule has 28 heteroatoms. The molecule has 3 fully saturated rings. The Labute approximate surface area is 399 Å². The van der Waals surface area contributed by atoms with Gasteiger partial charge in [0.1, 0.15) is 50.3 Å². The van der Waals surface area contributed by atoms with E-state index < -0.39 is 178 Å². The molecule has 3 rings (SSSR count). The van der Waals surface area contributed by atoms with E-state index in [0.29, 0.717) is 0 Å². The van der Waals surface area contributed by atoms with Gasteiger partial charge in [0, 0.05) is 75.7 Å². The highest BCUT2D eigenvalue weighted by atomic mass is 16.8. The first-order valence-electron chi connectivity index (χ1n) is 21.5. The molecule has 0 amide bonds. The van der Waals surface area contributed by atoms with Crippen LogP contribution < -0.4 is 0 Å². The molecule has 6 unspecified atom stereocenters. The van der Waals surface area contributed by atoms with Crippen molar-refractivity contribution in [2.45, 2.75) is 174 Å². The predicted molar refractivity (Wildman–Crippen MR) is 217 cm³/mol. The molecule has 3 saturated heterocycles. The van der Waals surface area contributed by atoms with Crippen molar-refractivity contribution in [3.63, 3.8) is 0 Å². The fourth-order valence-corrected chi connectivity index (χ4v) is 7.31. The zero-order valence-electron chi connectivity index (χ0n) is 39.9. The summed E-state index contributed by atoms with van der Waals surface area (Å²) in [4.78, 5) is 137. The van der Waals surface area contributed by atoms with Crippen LogP contribution in [0, 0.1) is 0 Å². The van der Waals surface area contributed by atoms with E-state index in [9.17, 15) is 52.7 Å². The van der Waals surface area contributed by atoms with Crippen LogP contribution in [0.25, 0.3) is 0 Å². The Hall–Kier alpha value is -6.07. The fourth-order valence-electron chi connectivity index (χ4n) is 7.31. The van der Waals surface area contributed by atoms with Gasteiger partial charge in [0.2, 0.25) is 0 Å². The molecule has 394 valence electrons. The van der Waals surface area contributed by atoms with Crippen molar-refractivity contribution in [2.24, 2.45) is 0 Å². The van der Waals surface area contributed by atoms with Crippen LogP contribution in [-0.4, -0.2) is 189 Å². The third-order valence-corrected chi connectivity index (χ3v) is 9.64. The molecule has 28 nitrogen and oxygen atoms in total. The van der Waals surface area contributed by atoms with Gasteiger partial charge < -0.3 is 80.9 Å². The van der Waals surface area contributed by atoms with Crippen LogP contribution in [0.4, 0.5) is 0 Å². The zero-order valence-corrected chi connectivity index (χ0v) is 39.9. The minimum Gasteiger partial charge on any atom is -0.481 e. The SMILES string of the molecule is CC(=O)OCC1O[C@@H](OCCCC(=O)O)C(OC(C)=O)[C@@H](OC(C)=O)[C@@H]1O[C@@H]1OC(COC(C)=O)[C@H](O[C@H]2OC(COC(C)=O)[C@H](OC(C)=O)[C@@H](OC(C)=O)C2OC(C)=O)[C@H](OC(C)=O)C1OC(C)=O. The third kappa shape index (κ3) is 18.4. The van der Waals surface area contributed by atoms with Crippen LogP contribution in [-0.2, 0) is 129 Å². The van der Waals surface area contributed by atoms with E-state index in [1.165, 1.54) is 0 Å². The Morgan fingerprint density at radius 1 is 0.357 bits per heavy atom. The highest BCUT2D eigenvalue weighted by Crippen LogP contribution is 2.38. The van der Waals surface area contributed by atoms with E-state index in [-0.39, 0.29) is 19.4 Å². The number of carboxylic acid groups (broad SMARTS) is 1. The molecule has 0 aromatic carbocycles. The van der Waals surface area contributed by atoms with Crippen molar-refractivity contribution >= 4 is 65.7 Å². The van der Waals surface area contributed by atoms with Gasteiger partial charge in [0.15, 0.2) is 61.6 Å². The lowest BCUT2D eigenvalue weighted by molar-refractivity contribution is -0.380. The van der Waals surface area contributed by atoms with Crippen LogP contribution in [0.15, 0.2) is 0 Å². The summed E-state index contributed by atoms with van der Waals surface area (Å²) in [5, 5.41) is 9.15. The lowest BCUT2D eigenvalue weighted by Gasteiger charge is -2.50. The third-order valence-electron chi connectivity index (χ3n) is 9.64. The molecule has 0 spiro atoms. The summed E-state index contributed by atoms with van der Waals surface area (Å²) in [6.45, 7) is 7.31. The van der Waals surface area contributed by atoms with Crippen molar-refractivity contribution in [1.82, 2.24) is 0 Å². The number of carbonyl (C=O) groups excluding carboxylic acids is 10. The summed E-state index contributed by atoms with van der Waals surface area (Å²) in [5.74, 6) is -10.9. The molecule has 0 saturated carbocycles. The number of hydrogen-bond donors (Lipinski definition) is 1. The highest BCUT2D eigenvalue weighted by Gasteiger charge is 2.60. The van der Waals surface area contributed by atoms with E-state index in [2.05, 4.69) is 0 Å². The maximum Gasteiger partial charge on any atom is 0.303 e. The average Bonchev–Trinajstić information content (AvgIpc) is 3.22. The molecule has 0 radical (unpaired) electrons. The van der Waals surface area contributed by atoms with Gasteiger partial charge in [-0.1, -0.05) is 0 Å². The maximum absolute atomic E-state index is 13.0. The number of esters is 10. The van der Waals surface area contributed by atoms with Crippen molar-refractivity contribution < 1.29 is 134 Å². The first-order valence-corrected chi connectivity index (χ1v) is 21.5. The Kier molecular flexibility index (Phi) is 22.8. The summed E-state index contributed by atoms with van der Waals surface area (Å²) in [6.07, 6.45) is -27.4. The summed E-state index contributed by atoms with van der Waals surface area (Å²) in [5.41, 5.74) is 0. The van der Waals surface area contributed by atoms with Crippen LogP contribution in [0.5, 0.6) is 0 Å². The minimum absolute atomic E-state index is 0.0726. The maximum atomic E-state index is 13.0. The minimum atomic E-state index is -2.05. The summed E-state index contributed by atoms with van der Waals surface area (Å²) >= 11 is 0. The van der Waals surface area contributed by atoms with Crippen LogP contribution in [0.3, 0.4) is 0 Å². The van der Waals surface area contributed by atoms with Gasteiger partial charge >= 0.3 is 65.7 Å². The zero-order chi connectivity index (χ0) is 52.6.